The second-order valence-electron chi connectivity index (χ2n) is 13.7. The molecule has 248 valence electrons. The van der Waals surface area contributed by atoms with Gasteiger partial charge in [0.2, 0.25) is 0 Å². The Bertz CT molecular complexity index is 2010. The van der Waals surface area contributed by atoms with E-state index in [2.05, 4.69) is 32.2 Å². The number of anilines is 2. The zero-order valence-corrected chi connectivity index (χ0v) is 27.5. The van der Waals surface area contributed by atoms with Crippen molar-refractivity contribution in [1.82, 2.24) is 20.2 Å². The van der Waals surface area contributed by atoms with Gasteiger partial charge in [-0.3, -0.25) is 4.90 Å². The van der Waals surface area contributed by atoms with Crippen molar-refractivity contribution in [1.29, 1.82) is 10.5 Å². The topological polar surface area (TPSA) is 136 Å². The number of alkyl halides is 1. The van der Waals surface area contributed by atoms with Gasteiger partial charge in [0.15, 0.2) is 5.82 Å². The van der Waals surface area contributed by atoms with Crippen molar-refractivity contribution in [2.45, 2.75) is 56.8 Å². The van der Waals surface area contributed by atoms with Crippen LogP contribution in [0.4, 0.5) is 19.6 Å². The lowest BCUT2D eigenvalue weighted by molar-refractivity contribution is 0.0196. The summed E-state index contributed by atoms with van der Waals surface area (Å²) in [7, 11) is 1.52. The van der Waals surface area contributed by atoms with Gasteiger partial charge in [-0.1, -0.05) is 6.42 Å². The lowest BCUT2D eigenvalue weighted by atomic mass is 9.69. The molecule has 0 spiro atoms. The van der Waals surface area contributed by atoms with Crippen LogP contribution < -0.4 is 25.4 Å². The molecule has 8 rings (SSSR count). The van der Waals surface area contributed by atoms with E-state index < -0.39 is 12.0 Å². The highest BCUT2D eigenvalue weighted by Gasteiger charge is 2.41. The van der Waals surface area contributed by atoms with Crippen molar-refractivity contribution in [3.63, 3.8) is 0 Å². The first kappa shape index (κ1) is 31.0. The molecule has 1 aliphatic carbocycles. The fourth-order valence-corrected chi connectivity index (χ4v) is 9.18. The van der Waals surface area contributed by atoms with Crippen LogP contribution in [0.2, 0.25) is 0 Å². The van der Waals surface area contributed by atoms with Crippen molar-refractivity contribution in [3.8, 4) is 35.0 Å². The zero-order chi connectivity index (χ0) is 33.2. The van der Waals surface area contributed by atoms with E-state index in [0.29, 0.717) is 65.3 Å². The fraction of sp³-hybridized carbons (Fsp3) is 0.486. The second kappa shape index (κ2) is 12.0. The number of nitrogens with two attached hydrogens (primary N) is 1. The molecule has 0 radical (unpaired) electrons. The minimum atomic E-state index is -0.791. The summed E-state index contributed by atoms with van der Waals surface area (Å²) < 4.78 is 43.7. The Morgan fingerprint density at radius 1 is 1.12 bits per heavy atom. The number of hydrogen-bond acceptors (Lipinski definition) is 11. The summed E-state index contributed by atoms with van der Waals surface area (Å²) in [5, 5.41) is 25.2. The average Bonchev–Trinajstić information content (AvgIpc) is 3.75. The molecule has 2 aromatic heterocycles. The molecule has 1 saturated carbocycles. The molecule has 2 aromatic carbocycles. The number of halogens is 2. The molecular formula is C35H36F2N8O2S. The Balaban J connectivity index is 1.26. The van der Waals surface area contributed by atoms with Crippen LogP contribution in [-0.2, 0) is 0 Å². The summed E-state index contributed by atoms with van der Waals surface area (Å²) in [4.78, 5) is 13.9. The van der Waals surface area contributed by atoms with Gasteiger partial charge in [-0.25, -0.2) is 8.78 Å². The van der Waals surface area contributed by atoms with Crippen LogP contribution in [-0.4, -0.2) is 79.6 Å². The Hall–Kier alpha value is -4.30. The van der Waals surface area contributed by atoms with E-state index in [-0.39, 0.29) is 50.7 Å². The largest absolute Gasteiger partial charge is 0.495 e. The smallest absolute Gasteiger partial charge is 0.319 e. The molecule has 4 aliphatic rings. The fourth-order valence-electron chi connectivity index (χ4n) is 8.14. The highest BCUT2D eigenvalue weighted by atomic mass is 32.1. The normalized spacial score (nSPS) is 23.3. The maximum absolute atomic E-state index is 17.2. The van der Waals surface area contributed by atoms with E-state index in [0.717, 1.165) is 45.2 Å². The molecule has 3 N–H and O–H groups in total. The van der Waals surface area contributed by atoms with Crippen LogP contribution in [0.3, 0.4) is 0 Å². The van der Waals surface area contributed by atoms with Crippen LogP contribution >= 0.6 is 11.3 Å². The van der Waals surface area contributed by atoms with E-state index in [1.807, 2.05) is 0 Å². The van der Waals surface area contributed by atoms with Gasteiger partial charge < -0.3 is 25.4 Å². The SMILES string of the molecule is COc1ccc(-c2c(C#N)cc3c(N4CC5CCC(C4)N5)nc(OCC4(CN5CC[C@@H](F)C5)CCC4)nc3c2F)c2c(C#N)c(N)sc12. The molecule has 4 fully saturated rings. The van der Waals surface area contributed by atoms with E-state index in [1.54, 1.807) is 18.2 Å². The van der Waals surface area contributed by atoms with E-state index in [4.69, 9.17) is 20.2 Å². The zero-order valence-electron chi connectivity index (χ0n) is 26.7. The standard InChI is InChI=1S/C35H36F2N8O2S/c1-46-26-6-5-23(28-25(13-39)32(40)48-31(26)28)27-19(12-38)11-24-30(29(27)37)42-34(43-33(24)45-15-21-3-4-22(16-45)41-21)47-18-35(8-2-9-35)17-44-10-7-20(36)14-44/h5-6,11,20-22,41H,2-4,7-10,14-18,40H2,1H3/t20-,21?,22?/m1/s1. The summed E-state index contributed by atoms with van der Waals surface area (Å²) in [6, 6.07) is 10.0. The predicted octanol–water partition coefficient (Wildman–Crippen LogP) is 5.52. The number of aromatic nitrogens is 2. The lowest BCUT2D eigenvalue weighted by Gasteiger charge is -2.43. The summed E-state index contributed by atoms with van der Waals surface area (Å²) in [5.74, 6) is 0.344. The molecule has 13 heteroatoms. The summed E-state index contributed by atoms with van der Waals surface area (Å²) in [6.07, 6.45) is 4.86. The van der Waals surface area contributed by atoms with Crippen molar-refractivity contribution in [2.75, 3.05) is 57.1 Å². The minimum absolute atomic E-state index is 0.0354. The summed E-state index contributed by atoms with van der Waals surface area (Å²) in [5.41, 5.74) is 6.85. The number of rotatable bonds is 8. The van der Waals surface area contributed by atoms with Gasteiger partial charge in [0.25, 0.3) is 0 Å². The molecule has 3 aliphatic heterocycles. The number of nitrogens with one attached hydrogen (secondary N) is 1. The first-order chi connectivity index (χ1) is 23.3. The molecule has 5 heterocycles. The number of hydrogen-bond donors (Lipinski definition) is 2. The molecule has 10 nitrogen and oxygen atoms in total. The number of methoxy groups -OCH3 is 1. The van der Waals surface area contributed by atoms with Gasteiger partial charge in [0.1, 0.15) is 34.3 Å². The van der Waals surface area contributed by atoms with Crippen LogP contribution in [0, 0.1) is 33.9 Å². The van der Waals surface area contributed by atoms with Crippen molar-refractivity contribution < 1.29 is 18.3 Å². The number of nitrogen functional groups attached to an aromatic ring is 1. The van der Waals surface area contributed by atoms with Crippen LogP contribution in [0.1, 0.15) is 49.7 Å². The number of ether oxygens (including phenoxy) is 2. The van der Waals surface area contributed by atoms with E-state index in [1.165, 1.54) is 18.4 Å². The number of fused-ring (bicyclic) bond motifs is 4. The molecule has 48 heavy (non-hydrogen) atoms. The minimum Gasteiger partial charge on any atom is -0.495 e. The number of nitriles is 2. The molecule has 4 aromatic rings. The third-order valence-electron chi connectivity index (χ3n) is 10.7. The Morgan fingerprint density at radius 3 is 2.56 bits per heavy atom. The van der Waals surface area contributed by atoms with Crippen LogP contribution in [0.15, 0.2) is 18.2 Å². The van der Waals surface area contributed by atoms with Crippen molar-refractivity contribution in [2.24, 2.45) is 5.41 Å². The van der Waals surface area contributed by atoms with Crippen molar-refractivity contribution in [3.05, 3.63) is 35.1 Å². The first-order valence-corrected chi connectivity index (χ1v) is 17.4. The highest BCUT2D eigenvalue weighted by molar-refractivity contribution is 7.23. The lowest BCUT2D eigenvalue weighted by Crippen LogP contribution is -2.51. The predicted molar refractivity (Wildman–Crippen MR) is 181 cm³/mol. The molecule has 2 bridgehead atoms. The maximum Gasteiger partial charge on any atom is 0.319 e. The van der Waals surface area contributed by atoms with Gasteiger partial charge in [0, 0.05) is 66.6 Å². The molecule has 2 unspecified atom stereocenters. The van der Waals surface area contributed by atoms with Gasteiger partial charge in [-0.05, 0) is 55.9 Å². The first-order valence-electron chi connectivity index (χ1n) is 16.5. The molecular weight excluding hydrogens is 635 g/mol. The number of thiophene rings is 1. The average molecular weight is 671 g/mol. The number of benzene rings is 2. The Morgan fingerprint density at radius 2 is 1.92 bits per heavy atom. The van der Waals surface area contributed by atoms with Gasteiger partial charge in [-0.15, -0.1) is 11.3 Å². The monoisotopic (exact) mass is 670 g/mol. The van der Waals surface area contributed by atoms with E-state index in [9.17, 15) is 14.9 Å². The third kappa shape index (κ3) is 5.16. The Labute approximate surface area is 281 Å². The molecule has 0 amide bonds. The second-order valence-corrected chi connectivity index (χ2v) is 14.8. The van der Waals surface area contributed by atoms with Gasteiger partial charge in [0.05, 0.1) is 35.6 Å². The van der Waals surface area contributed by atoms with Crippen LogP contribution in [0.5, 0.6) is 11.8 Å². The quantitative estimate of drug-likeness (QED) is 0.247. The maximum atomic E-state index is 17.2. The number of nitrogens with zero attached hydrogens (tertiary/aromatic N) is 6. The highest BCUT2D eigenvalue weighted by Crippen LogP contribution is 2.47. The van der Waals surface area contributed by atoms with E-state index >= 15 is 4.39 Å². The summed E-state index contributed by atoms with van der Waals surface area (Å²) >= 11 is 1.19. The molecule has 3 saturated heterocycles. The van der Waals surface area contributed by atoms with Crippen LogP contribution in [0.25, 0.3) is 32.1 Å². The third-order valence-corrected chi connectivity index (χ3v) is 11.7. The number of piperazine rings is 1. The number of likely N-dealkylation sites (tertiary alicyclic amines) is 1. The van der Waals surface area contributed by atoms with Gasteiger partial charge in [-0.2, -0.15) is 20.5 Å². The Kier molecular flexibility index (Phi) is 7.74. The molecule has 3 atom stereocenters. The van der Waals surface area contributed by atoms with Gasteiger partial charge >= 0.3 is 6.01 Å². The summed E-state index contributed by atoms with van der Waals surface area (Å²) in [6.45, 7) is 3.66. The van der Waals surface area contributed by atoms with Crippen molar-refractivity contribution >= 4 is 43.1 Å².